The lowest BCUT2D eigenvalue weighted by molar-refractivity contribution is -0.0704. The van der Waals surface area contributed by atoms with Gasteiger partial charge in [0, 0.05) is 39.8 Å². The van der Waals surface area contributed by atoms with Crippen LogP contribution < -0.4 is 10.6 Å². The second-order valence-corrected chi connectivity index (χ2v) is 6.97. The summed E-state index contributed by atoms with van der Waals surface area (Å²) in [6.07, 6.45) is 2.98. The van der Waals surface area contributed by atoms with Gasteiger partial charge in [-0.05, 0) is 31.4 Å². The van der Waals surface area contributed by atoms with Gasteiger partial charge in [0.15, 0.2) is 5.96 Å². The number of aliphatic imine (C=N–C) groups is 1. The van der Waals surface area contributed by atoms with Crippen molar-refractivity contribution in [2.75, 3.05) is 26.7 Å². The van der Waals surface area contributed by atoms with E-state index >= 15 is 0 Å². The Morgan fingerprint density at radius 1 is 1.12 bits per heavy atom. The van der Waals surface area contributed by atoms with Crippen molar-refractivity contribution >= 4 is 29.9 Å². The second kappa shape index (κ2) is 12.5. The molecule has 0 aromatic heterocycles. The monoisotopic (exact) mass is 474 g/mol. The van der Waals surface area contributed by atoms with Crippen molar-refractivity contribution in [3.8, 4) is 0 Å². The summed E-state index contributed by atoms with van der Waals surface area (Å²) in [4.78, 5) is 6.74. The molecule has 0 bridgehead atoms. The zero-order chi connectivity index (χ0) is 18.1. The minimum atomic E-state index is 0. The molecule has 0 spiro atoms. The summed E-state index contributed by atoms with van der Waals surface area (Å²) in [5.74, 6) is 0.869. The third-order valence-corrected chi connectivity index (χ3v) is 4.43. The molecule has 2 N–H and O–H groups in total. The van der Waals surface area contributed by atoms with Crippen molar-refractivity contribution in [2.24, 2.45) is 4.99 Å². The first kappa shape index (κ1) is 23.2. The molecule has 5 nitrogen and oxygen atoms in total. The van der Waals surface area contributed by atoms with E-state index in [0.717, 1.165) is 45.1 Å². The van der Waals surface area contributed by atoms with Crippen LogP contribution in [-0.2, 0) is 17.8 Å². The molecule has 2 atom stereocenters. The average molecular weight is 474 g/mol. The van der Waals surface area contributed by atoms with Crippen LogP contribution in [0.15, 0.2) is 29.3 Å². The van der Waals surface area contributed by atoms with Crippen molar-refractivity contribution < 1.29 is 4.74 Å². The summed E-state index contributed by atoms with van der Waals surface area (Å²) in [5, 5.41) is 6.70. The number of rotatable bonds is 7. The molecule has 1 heterocycles. The maximum atomic E-state index is 5.81. The van der Waals surface area contributed by atoms with E-state index in [9.17, 15) is 0 Å². The van der Waals surface area contributed by atoms with Crippen LogP contribution in [0.25, 0.3) is 0 Å². The molecule has 1 aromatic carbocycles. The Morgan fingerprint density at radius 2 is 1.73 bits per heavy atom. The molecule has 0 amide bonds. The Balaban J connectivity index is 0.00000338. The normalized spacial score (nSPS) is 21.2. The van der Waals surface area contributed by atoms with E-state index in [2.05, 4.69) is 65.6 Å². The topological polar surface area (TPSA) is 48.9 Å². The number of hydrogen-bond acceptors (Lipinski definition) is 3. The molecule has 1 aromatic rings. The van der Waals surface area contributed by atoms with Crippen molar-refractivity contribution in [3.63, 3.8) is 0 Å². The number of ether oxygens (including phenoxy) is 1. The van der Waals surface area contributed by atoms with Gasteiger partial charge in [-0.3, -0.25) is 9.89 Å². The highest BCUT2D eigenvalue weighted by Crippen LogP contribution is 2.14. The summed E-state index contributed by atoms with van der Waals surface area (Å²) >= 11 is 0. The van der Waals surface area contributed by atoms with Crippen LogP contribution in [0, 0.1) is 0 Å². The van der Waals surface area contributed by atoms with Gasteiger partial charge >= 0.3 is 0 Å². The van der Waals surface area contributed by atoms with Crippen molar-refractivity contribution in [3.05, 3.63) is 35.4 Å². The summed E-state index contributed by atoms with van der Waals surface area (Å²) in [7, 11) is 1.81. The number of halogens is 1. The molecule has 1 fully saturated rings. The molecule has 2 rings (SSSR count). The van der Waals surface area contributed by atoms with E-state index in [0.29, 0.717) is 12.2 Å². The lowest BCUT2D eigenvalue weighted by Crippen LogP contribution is -2.44. The molecule has 0 radical (unpaired) electrons. The van der Waals surface area contributed by atoms with Gasteiger partial charge in [0.25, 0.3) is 0 Å². The number of hydrogen-bond donors (Lipinski definition) is 2. The van der Waals surface area contributed by atoms with E-state index in [1.165, 1.54) is 17.5 Å². The first-order valence-corrected chi connectivity index (χ1v) is 9.50. The largest absolute Gasteiger partial charge is 0.373 e. The van der Waals surface area contributed by atoms with Gasteiger partial charge < -0.3 is 15.4 Å². The Kier molecular flexibility index (Phi) is 11.2. The number of morpholine rings is 1. The van der Waals surface area contributed by atoms with Gasteiger partial charge in [-0.25, -0.2) is 0 Å². The van der Waals surface area contributed by atoms with Gasteiger partial charge in [-0.15, -0.1) is 24.0 Å². The fourth-order valence-corrected chi connectivity index (χ4v) is 3.22. The molecule has 0 saturated carbocycles. The van der Waals surface area contributed by atoms with E-state index in [1.807, 2.05) is 7.05 Å². The van der Waals surface area contributed by atoms with Crippen LogP contribution >= 0.6 is 24.0 Å². The Morgan fingerprint density at radius 3 is 2.31 bits per heavy atom. The van der Waals surface area contributed by atoms with E-state index in [4.69, 9.17) is 4.74 Å². The van der Waals surface area contributed by atoms with Crippen LogP contribution in [0.5, 0.6) is 0 Å². The van der Waals surface area contributed by atoms with Gasteiger partial charge in [0.1, 0.15) is 0 Å². The molecule has 1 aliphatic rings. The Hall–Kier alpha value is -0.860. The Bertz CT molecular complexity index is 525. The maximum absolute atomic E-state index is 5.81. The molecule has 148 valence electrons. The second-order valence-electron chi connectivity index (χ2n) is 6.97. The zero-order valence-electron chi connectivity index (χ0n) is 16.6. The number of unbranched alkanes of at least 4 members (excludes halogenated alkanes) is 1. The molecule has 6 heteroatoms. The van der Waals surface area contributed by atoms with Crippen LogP contribution in [0.2, 0.25) is 0 Å². The fraction of sp³-hybridized carbons (Fsp3) is 0.650. The smallest absolute Gasteiger partial charge is 0.191 e. The van der Waals surface area contributed by atoms with Gasteiger partial charge in [-0.2, -0.15) is 0 Å². The first-order valence-electron chi connectivity index (χ1n) is 9.50. The van der Waals surface area contributed by atoms with Crippen molar-refractivity contribution in [1.82, 2.24) is 15.5 Å². The van der Waals surface area contributed by atoms with Gasteiger partial charge in [0.2, 0.25) is 0 Å². The maximum Gasteiger partial charge on any atom is 0.191 e. The standard InChI is InChI=1S/C20H34N4O.HI/c1-5-6-11-22-20(21-4)23-12-18-7-9-19(10-8-18)15-24-13-16(2)25-17(3)14-24;/h7-10,16-17H,5-6,11-15H2,1-4H3,(H2,21,22,23);1H. The van der Waals surface area contributed by atoms with E-state index < -0.39 is 0 Å². The van der Waals surface area contributed by atoms with Gasteiger partial charge in [-0.1, -0.05) is 37.6 Å². The number of nitrogens with one attached hydrogen (secondary N) is 2. The molecule has 1 aliphatic heterocycles. The molecule has 0 aliphatic carbocycles. The predicted octanol–water partition coefficient (Wildman–Crippen LogP) is 3.38. The van der Waals surface area contributed by atoms with Crippen LogP contribution in [0.3, 0.4) is 0 Å². The lowest BCUT2D eigenvalue weighted by atomic mass is 10.1. The van der Waals surface area contributed by atoms with Crippen LogP contribution in [-0.4, -0.2) is 49.7 Å². The minimum Gasteiger partial charge on any atom is -0.373 e. The molecular weight excluding hydrogens is 439 g/mol. The van der Waals surface area contributed by atoms with Crippen LogP contribution in [0.4, 0.5) is 0 Å². The SMILES string of the molecule is CCCCNC(=NC)NCc1ccc(CN2CC(C)OC(C)C2)cc1.I. The number of nitrogens with zero attached hydrogens (tertiary/aromatic N) is 2. The van der Waals surface area contributed by atoms with Crippen molar-refractivity contribution in [2.45, 2.75) is 58.9 Å². The lowest BCUT2D eigenvalue weighted by Gasteiger charge is -2.35. The molecule has 1 saturated heterocycles. The highest BCUT2D eigenvalue weighted by molar-refractivity contribution is 14.0. The summed E-state index contributed by atoms with van der Waals surface area (Å²) in [6.45, 7) is 11.3. The minimum absolute atomic E-state index is 0. The summed E-state index contributed by atoms with van der Waals surface area (Å²) in [6, 6.07) is 8.87. The third-order valence-electron chi connectivity index (χ3n) is 4.43. The summed E-state index contributed by atoms with van der Waals surface area (Å²) in [5.41, 5.74) is 2.63. The number of benzene rings is 1. The summed E-state index contributed by atoms with van der Waals surface area (Å²) < 4.78 is 5.81. The zero-order valence-corrected chi connectivity index (χ0v) is 19.0. The Labute approximate surface area is 176 Å². The third kappa shape index (κ3) is 8.22. The highest BCUT2D eigenvalue weighted by atomic mass is 127. The van der Waals surface area contributed by atoms with E-state index in [-0.39, 0.29) is 24.0 Å². The molecule has 26 heavy (non-hydrogen) atoms. The molecular formula is C20H35IN4O. The highest BCUT2D eigenvalue weighted by Gasteiger charge is 2.21. The fourth-order valence-electron chi connectivity index (χ4n) is 3.22. The van der Waals surface area contributed by atoms with Gasteiger partial charge in [0.05, 0.1) is 12.2 Å². The van der Waals surface area contributed by atoms with Crippen LogP contribution in [0.1, 0.15) is 44.7 Å². The predicted molar refractivity (Wildman–Crippen MR) is 120 cm³/mol. The molecule has 2 unspecified atom stereocenters. The quantitative estimate of drug-likeness (QED) is 0.276. The van der Waals surface area contributed by atoms with Crippen molar-refractivity contribution in [1.29, 1.82) is 0 Å². The van der Waals surface area contributed by atoms with E-state index in [1.54, 1.807) is 0 Å². The average Bonchev–Trinajstić information content (AvgIpc) is 2.58. The number of guanidine groups is 1. The first-order chi connectivity index (χ1) is 12.1.